The van der Waals surface area contributed by atoms with E-state index in [1.165, 1.54) is 0 Å². The zero-order valence-corrected chi connectivity index (χ0v) is 18.0. The second-order valence-electron chi connectivity index (χ2n) is 6.81. The van der Waals surface area contributed by atoms with Gasteiger partial charge in [0, 0.05) is 0 Å². The SMILES string of the molecule is CCCOC(=O)c1ccc(OCC(=O)NNC(=O)C(CC)Oc2ccc(C)cc2)cc1. The van der Waals surface area contributed by atoms with Crippen LogP contribution in [-0.4, -0.2) is 37.1 Å². The minimum absolute atomic E-state index is 0.310. The number of hydrogen-bond donors (Lipinski definition) is 2. The lowest BCUT2D eigenvalue weighted by Gasteiger charge is -2.17. The minimum Gasteiger partial charge on any atom is -0.484 e. The van der Waals surface area contributed by atoms with Crippen molar-refractivity contribution in [3.8, 4) is 11.5 Å². The molecule has 0 aliphatic rings. The van der Waals surface area contributed by atoms with E-state index in [2.05, 4.69) is 10.9 Å². The molecule has 1 unspecified atom stereocenters. The van der Waals surface area contributed by atoms with E-state index in [1.54, 1.807) is 36.4 Å². The standard InChI is InChI=1S/C23H28N2O6/c1-4-14-29-23(28)17-8-12-18(13-9-17)30-15-21(26)24-25-22(27)20(5-2)31-19-10-6-16(3)7-11-19/h6-13,20H,4-5,14-15H2,1-3H3,(H,24,26)(H,25,27). The molecule has 31 heavy (non-hydrogen) atoms. The van der Waals surface area contributed by atoms with E-state index >= 15 is 0 Å². The quantitative estimate of drug-likeness (QED) is 0.446. The fourth-order valence-corrected chi connectivity index (χ4v) is 2.47. The number of benzene rings is 2. The number of carbonyl (C=O) groups is 3. The first-order valence-electron chi connectivity index (χ1n) is 10.1. The van der Waals surface area contributed by atoms with Gasteiger partial charge in [0.05, 0.1) is 12.2 Å². The van der Waals surface area contributed by atoms with E-state index in [4.69, 9.17) is 14.2 Å². The molecule has 8 nitrogen and oxygen atoms in total. The number of hydrazine groups is 1. The fourth-order valence-electron chi connectivity index (χ4n) is 2.47. The van der Waals surface area contributed by atoms with Gasteiger partial charge in [-0.3, -0.25) is 20.4 Å². The second kappa shape index (κ2) is 12.2. The van der Waals surface area contributed by atoms with Crippen molar-refractivity contribution in [2.45, 2.75) is 39.7 Å². The normalized spacial score (nSPS) is 11.2. The molecule has 0 aliphatic carbocycles. The average Bonchev–Trinajstić information content (AvgIpc) is 2.79. The van der Waals surface area contributed by atoms with Gasteiger partial charge in [0.25, 0.3) is 11.8 Å². The van der Waals surface area contributed by atoms with Gasteiger partial charge in [-0.05, 0) is 56.2 Å². The lowest BCUT2D eigenvalue weighted by atomic mass is 10.2. The third kappa shape index (κ3) is 8.00. The third-order valence-electron chi connectivity index (χ3n) is 4.18. The van der Waals surface area contributed by atoms with Crippen LogP contribution in [0.4, 0.5) is 0 Å². The van der Waals surface area contributed by atoms with E-state index in [0.29, 0.717) is 30.1 Å². The van der Waals surface area contributed by atoms with Gasteiger partial charge in [-0.2, -0.15) is 0 Å². The van der Waals surface area contributed by atoms with Crippen LogP contribution in [0.1, 0.15) is 42.6 Å². The molecule has 2 amide bonds. The highest BCUT2D eigenvalue weighted by Crippen LogP contribution is 2.15. The maximum atomic E-state index is 12.3. The summed E-state index contributed by atoms with van der Waals surface area (Å²) in [6.45, 7) is 5.73. The molecule has 2 aromatic rings. The molecule has 0 spiro atoms. The van der Waals surface area contributed by atoms with Crippen LogP contribution in [0.5, 0.6) is 11.5 Å². The topological polar surface area (TPSA) is 103 Å². The Morgan fingerprint density at radius 2 is 1.55 bits per heavy atom. The summed E-state index contributed by atoms with van der Waals surface area (Å²) in [5, 5.41) is 0. The predicted octanol–water partition coefficient (Wildman–Crippen LogP) is 2.95. The summed E-state index contributed by atoms with van der Waals surface area (Å²) in [5.74, 6) is -0.435. The van der Waals surface area contributed by atoms with Crippen LogP contribution in [-0.2, 0) is 14.3 Å². The van der Waals surface area contributed by atoms with E-state index in [9.17, 15) is 14.4 Å². The molecule has 0 radical (unpaired) electrons. The van der Waals surface area contributed by atoms with Crippen molar-refractivity contribution in [2.75, 3.05) is 13.2 Å². The lowest BCUT2D eigenvalue weighted by molar-refractivity contribution is -0.134. The Hall–Kier alpha value is -3.55. The van der Waals surface area contributed by atoms with Crippen LogP contribution >= 0.6 is 0 Å². The van der Waals surface area contributed by atoms with Gasteiger partial charge in [0.1, 0.15) is 11.5 Å². The van der Waals surface area contributed by atoms with Crippen molar-refractivity contribution in [2.24, 2.45) is 0 Å². The van der Waals surface area contributed by atoms with Crippen molar-refractivity contribution >= 4 is 17.8 Å². The van der Waals surface area contributed by atoms with Crippen molar-refractivity contribution in [1.29, 1.82) is 0 Å². The van der Waals surface area contributed by atoms with Crippen LogP contribution in [0.15, 0.2) is 48.5 Å². The third-order valence-corrected chi connectivity index (χ3v) is 4.18. The number of rotatable bonds is 10. The predicted molar refractivity (Wildman–Crippen MR) is 115 cm³/mol. The van der Waals surface area contributed by atoms with Crippen LogP contribution in [0, 0.1) is 6.92 Å². The molecule has 2 aromatic carbocycles. The molecule has 0 aliphatic heterocycles. The molecule has 2 N–H and O–H groups in total. The molecular weight excluding hydrogens is 400 g/mol. The van der Waals surface area contributed by atoms with Crippen LogP contribution < -0.4 is 20.3 Å². The molecule has 0 heterocycles. The minimum atomic E-state index is -0.746. The summed E-state index contributed by atoms with van der Waals surface area (Å²) in [4.78, 5) is 36.0. The average molecular weight is 428 g/mol. The van der Waals surface area contributed by atoms with Gasteiger partial charge < -0.3 is 14.2 Å². The summed E-state index contributed by atoms with van der Waals surface area (Å²) in [6, 6.07) is 13.6. The van der Waals surface area contributed by atoms with Crippen molar-refractivity contribution in [3.63, 3.8) is 0 Å². The first-order chi connectivity index (χ1) is 14.9. The maximum Gasteiger partial charge on any atom is 0.338 e. The number of aryl methyl sites for hydroxylation is 1. The molecule has 166 valence electrons. The highest BCUT2D eigenvalue weighted by atomic mass is 16.5. The number of amides is 2. The maximum absolute atomic E-state index is 12.3. The Morgan fingerprint density at radius 1 is 0.903 bits per heavy atom. The van der Waals surface area contributed by atoms with Crippen LogP contribution in [0.2, 0.25) is 0 Å². The van der Waals surface area contributed by atoms with Gasteiger partial charge in [-0.15, -0.1) is 0 Å². The van der Waals surface area contributed by atoms with Crippen molar-refractivity contribution < 1.29 is 28.6 Å². The van der Waals surface area contributed by atoms with E-state index < -0.39 is 23.9 Å². The van der Waals surface area contributed by atoms with Gasteiger partial charge in [-0.25, -0.2) is 4.79 Å². The molecule has 8 heteroatoms. The number of hydrogen-bond acceptors (Lipinski definition) is 6. The Bertz CT molecular complexity index is 865. The fraction of sp³-hybridized carbons (Fsp3) is 0.348. The number of nitrogens with one attached hydrogen (secondary N) is 2. The molecule has 2 rings (SSSR count). The van der Waals surface area contributed by atoms with Gasteiger partial charge in [-0.1, -0.05) is 31.5 Å². The summed E-state index contributed by atoms with van der Waals surface area (Å²) in [7, 11) is 0. The molecule has 0 bridgehead atoms. The molecule has 0 saturated heterocycles. The van der Waals surface area contributed by atoms with Gasteiger partial charge >= 0.3 is 5.97 Å². The molecule has 1 atom stereocenters. The van der Waals surface area contributed by atoms with Gasteiger partial charge in [0.2, 0.25) is 0 Å². The number of esters is 1. The number of ether oxygens (including phenoxy) is 3. The molecule has 0 aromatic heterocycles. The largest absolute Gasteiger partial charge is 0.484 e. The van der Waals surface area contributed by atoms with E-state index in [-0.39, 0.29) is 6.61 Å². The Morgan fingerprint density at radius 3 is 2.16 bits per heavy atom. The Kier molecular flexibility index (Phi) is 9.35. The highest BCUT2D eigenvalue weighted by Gasteiger charge is 2.19. The highest BCUT2D eigenvalue weighted by molar-refractivity contribution is 5.89. The molecule has 0 saturated carbocycles. The van der Waals surface area contributed by atoms with Crippen molar-refractivity contribution in [1.82, 2.24) is 10.9 Å². The first kappa shape index (κ1) is 23.7. The lowest BCUT2D eigenvalue weighted by Crippen LogP contribution is -2.49. The Labute approximate surface area is 181 Å². The number of carbonyl (C=O) groups excluding carboxylic acids is 3. The smallest absolute Gasteiger partial charge is 0.338 e. The summed E-state index contributed by atoms with van der Waals surface area (Å²) in [6.07, 6.45) is 0.429. The zero-order valence-electron chi connectivity index (χ0n) is 18.0. The monoisotopic (exact) mass is 428 g/mol. The zero-order chi connectivity index (χ0) is 22.6. The summed E-state index contributed by atoms with van der Waals surface area (Å²) < 4.78 is 16.1. The van der Waals surface area contributed by atoms with Gasteiger partial charge in [0.15, 0.2) is 12.7 Å². The summed E-state index contributed by atoms with van der Waals surface area (Å²) >= 11 is 0. The van der Waals surface area contributed by atoms with E-state index in [0.717, 1.165) is 12.0 Å². The Balaban J connectivity index is 1.75. The first-order valence-corrected chi connectivity index (χ1v) is 10.1. The van der Waals surface area contributed by atoms with Crippen LogP contribution in [0.25, 0.3) is 0 Å². The molecule has 0 fully saturated rings. The van der Waals surface area contributed by atoms with Crippen LogP contribution in [0.3, 0.4) is 0 Å². The summed E-state index contributed by atoms with van der Waals surface area (Å²) in [5.41, 5.74) is 6.12. The van der Waals surface area contributed by atoms with Crippen molar-refractivity contribution in [3.05, 3.63) is 59.7 Å². The second-order valence-corrected chi connectivity index (χ2v) is 6.81. The molecular formula is C23H28N2O6. The van der Waals surface area contributed by atoms with E-state index in [1.807, 2.05) is 32.9 Å².